The molecule has 1 fully saturated rings. The molecule has 22 heavy (non-hydrogen) atoms. The minimum atomic E-state index is 0.0476. The van der Waals surface area contributed by atoms with Gasteiger partial charge >= 0.3 is 0 Å². The molecule has 0 unspecified atom stereocenters. The fourth-order valence-corrected chi connectivity index (χ4v) is 3.32. The standard InChI is InChI=1S/C19H20O2S/c1-2-20-18-13-17(15-9-5-3-6-10-15)21-19(18)14-22-16-11-7-4-8-12-16/h3-12,14,17-18H,2,13H2,1H3/b19-14-/t17-,18+/m0/s1. The number of rotatable bonds is 5. The van der Waals surface area contributed by atoms with Gasteiger partial charge in [0.2, 0.25) is 0 Å². The predicted molar refractivity (Wildman–Crippen MR) is 90.7 cm³/mol. The van der Waals surface area contributed by atoms with Crippen LogP contribution in [-0.2, 0) is 9.47 Å². The number of benzene rings is 2. The van der Waals surface area contributed by atoms with Crippen molar-refractivity contribution < 1.29 is 9.47 Å². The van der Waals surface area contributed by atoms with Gasteiger partial charge in [0, 0.05) is 23.3 Å². The summed E-state index contributed by atoms with van der Waals surface area (Å²) in [5.74, 6) is 0.935. The van der Waals surface area contributed by atoms with E-state index in [2.05, 4.69) is 41.8 Å². The smallest absolute Gasteiger partial charge is 0.132 e. The van der Waals surface area contributed by atoms with E-state index in [1.807, 2.05) is 31.2 Å². The molecule has 0 aliphatic carbocycles. The first kappa shape index (κ1) is 15.2. The van der Waals surface area contributed by atoms with Gasteiger partial charge in [-0.1, -0.05) is 60.3 Å². The van der Waals surface area contributed by atoms with Gasteiger partial charge in [-0.3, -0.25) is 0 Å². The number of thioether (sulfide) groups is 1. The molecule has 3 heteroatoms. The zero-order chi connectivity index (χ0) is 15.2. The van der Waals surface area contributed by atoms with E-state index in [1.54, 1.807) is 11.8 Å². The van der Waals surface area contributed by atoms with Crippen molar-refractivity contribution in [2.24, 2.45) is 0 Å². The Morgan fingerprint density at radius 3 is 2.45 bits per heavy atom. The Morgan fingerprint density at radius 1 is 1.09 bits per heavy atom. The lowest BCUT2D eigenvalue weighted by atomic mass is 10.1. The largest absolute Gasteiger partial charge is 0.487 e. The van der Waals surface area contributed by atoms with Crippen LogP contribution in [0.4, 0.5) is 0 Å². The number of hydrogen-bond donors (Lipinski definition) is 0. The molecule has 0 amide bonds. The van der Waals surface area contributed by atoms with Crippen molar-refractivity contribution in [3.05, 3.63) is 77.4 Å². The van der Waals surface area contributed by atoms with Gasteiger partial charge in [-0.25, -0.2) is 0 Å². The monoisotopic (exact) mass is 312 g/mol. The van der Waals surface area contributed by atoms with E-state index in [0.717, 1.165) is 12.2 Å². The molecule has 0 spiro atoms. The lowest BCUT2D eigenvalue weighted by Gasteiger charge is -2.10. The molecule has 114 valence electrons. The topological polar surface area (TPSA) is 18.5 Å². The normalized spacial score (nSPS) is 22.7. The Hall–Kier alpha value is -1.71. The average molecular weight is 312 g/mol. The molecule has 3 rings (SSSR count). The first-order valence-corrected chi connectivity index (χ1v) is 8.49. The van der Waals surface area contributed by atoms with E-state index >= 15 is 0 Å². The molecule has 2 aromatic carbocycles. The van der Waals surface area contributed by atoms with Gasteiger partial charge in [0.15, 0.2) is 0 Å². The Bertz CT molecular complexity index is 610. The maximum Gasteiger partial charge on any atom is 0.132 e. The number of ether oxygens (including phenoxy) is 2. The molecule has 0 radical (unpaired) electrons. The van der Waals surface area contributed by atoms with Crippen LogP contribution in [-0.4, -0.2) is 12.7 Å². The van der Waals surface area contributed by atoms with Crippen molar-refractivity contribution in [1.82, 2.24) is 0 Å². The summed E-state index contributed by atoms with van der Waals surface area (Å²) in [6.07, 6.45) is 1.01. The summed E-state index contributed by atoms with van der Waals surface area (Å²) in [6.45, 7) is 2.72. The highest BCUT2D eigenvalue weighted by atomic mass is 32.2. The molecule has 2 atom stereocenters. The van der Waals surface area contributed by atoms with Gasteiger partial charge < -0.3 is 9.47 Å². The Labute approximate surface area is 136 Å². The lowest BCUT2D eigenvalue weighted by Crippen LogP contribution is -2.10. The van der Waals surface area contributed by atoms with E-state index in [4.69, 9.17) is 9.47 Å². The van der Waals surface area contributed by atoms with Gasteiger partial charge in [-0.05, 0) is 24.6 Å². The van der Waals surface area contributed by atoms with Gasteiger partial charge in [-0.15, -0.1) is 0 Å². The molecule has 0 N–H and O–H groups in total. The summed E-state index contributed by atoms with van der Waals surface area (Å²) in [5.41, 5.74) is 1.21. The van der Waals surface area contributed by atoms with Crippen molar-refractivity contribution in [2.45, 2.75) is 30.4 Å². The minimum absolute atomic E-state index is 0.0476. The summed E-state index contributed by atoms with van der Waals surface area (Å²) < 4.78 is 12.0. The van der Waals surface area contributed by atoms with Crippen LogP contribution in [0.3, 0.4) is 0 Å². The highest BCUT2D eigenvalue weighted by Gasteiger charge is 2.32. The molecule has 1 saturated heterocycles. The van der Waals surface area contributed by atoms with Crippen molar-refractivity contribution in [3.8, 4) is 0 Å². The SMILES string of the molecule is CCO[C@@H]1C[C@@H](c2ccccc2)O/C1=C\Sc1ccccc1. The Morgan fingerprint density at radius 2 is 1.77 bits per heavy atom. The minimum Gasteiger partial charge on any atom is -0.487 e. The maximum atomic E-state index is 6.15. The van der Waals surface area contributed by atoms with E-state index in [-0.39, 0.29) is 12.2 Å². The highest BCUT2D eigenvalue weighted by molar-refractivity contribution is 8.02. The molecule has 0 aromatic heterocycles. The Balaban J connectivity index is 1.74. The summed E-state index contributed by atoms with van der Waals surface area (Å²) in [4.78, 5) is 1.21. The molecular weight excluding hydrogens is 292 g/mol. The van der Waals surface area contributed by atoms with E-state index in [1.165, 1.54) is 10.5 Å². The van der Waals surface area contributed by atoms with Crippen LogP contribution in [0, 0.1) is 0 Å². The van der Waals surface area contributed by atoms with Crippen molar-refractivity contribution in [3.63, 3.8) is 0 Å². The summed E-state index contributed by atoms with van der Waals surface area (Å²) in [7, 11) is 0. The molecule has 2 aromatic rings. The molecule has 2 nitrogen and oxygen atoms in total. The van der Waals surface area contributed by atoms with Crippen molar-refractivity contribution in [2.75, 3.05) is 6.61 Å². The third kappa shape index (κ3) is 3.73. The number of hydrogen-bond acceptors (Lipinski definition) is 3. The van der Waals surface area contributed by atoms with Gasteiger partial charge in [0.05, 0.1) is 0 Å². The second-order valence-corrected chi connectivity index (χ2v) is 6.09. The molecule has 0 bridgehead atoms. The molecule has 1 heterocycles. The quantitative estimate of drug-likeness (QED) is 0.708. The first-order chi connectivity index (χ1) is 10.9. The third-order valence-corrected chi connectivity index (χ3v) is 4.51. The van der Waals surface area contributed by atoms with Crippen molar-refractivity contribution >= 4 is 11.8 Å². The fraction of sp³-hybridized carbons (Fsp3) is 0.263. The van der Waals surface area contributed by atoms with Crippen molar-refractivity contribution in [1.29, 1.82) is 0 Å². The second-order valence-electron chi connectivity index (χ2n) is 5.15. The second kappa shape index (κ2) is 7.52. The van der Waals surface area contributed by atoms with Crippen LogP contribution in [0.1, 0.15) is 25.0 Å². The molecule has 1 aliphatic heterocycles. The van der Waals surface area contributed by atoms with Crippen LogP contribution >= 0.6 is 11.8 Å². The summed E-state index contributed by atoms with van der Waals surface area (Å²) in [5, 5.41) is 2.08. The van der Waals surface area contributed by atoms with Gasteiger partial charge in [0.25, 0.3) is 0 Å². The van der Waals surface area contributed by atoms with Gasteiger partial charge in [0.1, 0.15) is 18.0 Å². The van der Waals surface area contributed by atoms with Crippen LogP contribution in [0.5, 0.6) is 0 Å². The van der Waals surface area contributed by atoms with Crippen LogP contribution in [0.2, 0.25) is 0 Å². The summed E-state index contributed by atoms with van der Waals surface area (Å²) >= 11 is 1.68. The predicted octanol–water partition coefficient (Wildman–Crippen LogP) is 5.19. The third-order valence-electron chi connectivity index (χ3n) is 3.62. The highest BCUT2D eigenvalue weighted by Crippen LogP contribution is 2.38. The first-order valence-electron chi connectivity index (χ1n) is 7.62. The molecular formula is C19H20O2S. The van der Waals surface area contributed by atoms with Crippen LogP contribution in [0.25, 0.3) is 0 Å². The zero-order valence-corrected chi connectivity index (χ0v) is 13.5. The van der Waals surface area contributed by atoms with E-state index in [9.17, 15) is 0 Å². The lowest BCUT2D eigenvalue weighted by molar-refractivity contribution is 0.0846. The van der Waals surface area contributed by atoms with Crippen LogP contribution < -0.4 is 0 Å². The van der Waals surface area contributed by atoms with E-state index < -0.39 is 0 Å². The Kier molecular flexibility index (Phi) is 5.20. The zero-order valence-electron chi connectivity index (χ0n) is 12.6. The van der Waals surface area contributed by atoms with E-state index in [0.29, 0.717) is 6.61 Å². The van der Waals surface area contributed by atoms with Crippen LogP contribution in [0.15, 0.2) is 76.7 Å². The summed E-state index contributed by atoms with van der Waals surface area (Å²) in [6, 6.07) is 20.7. The molecule has 0 saturated carbocycles. The molecule has 1 aliphatic rings. The average Bonchev–Trinajstić information content (AvgIpc) is 2.98. The van der Waals surface area contributed by atoms with Gasteiger partial charge in [-0.2, -0.15) is 0 Å². The fourth-order valence-electron chi connectivity index (χ4n) is 2.55. The maximum absolute atomic E-state index is 6.15.